The lowest BCUT2D eigenvalue weighted by Crippen LogP contribution is -2.47. The Morgan fingerprint density at radius 2 is 1.93 bits per heavy atom. The number of likely N-dealkylation sites (tertiary alicyclic amines) is 1. The van der Waals surface area contributed by atoms with Gasteiger partial charge in [-0.2, -0.15) is 0 Å². The van der Waals surface area contributed by atoms with E-state index in [0.717, 1.165) is 50.9 Å². The van der Waals surface area contributed by atoms with E-state index in [2.05, 4.69) is 22.8 Å². The molecule has 7 heteroatoms. The van der Waals surface area contributed by atoms with Gasteiger partial charge in [-0.3, -0.25) is 19.7 Å². The van der Waals surface area contributed by atoms with Gasteiger partial charge in [-0.1, -0.05) is 18.6 Å². The fourth-order valence-corrected chi connectivity index (χ4v) is 4.13. The van der Waals surface area contributed by atoms with Gasteiger partial charge in [0, 0.05) is 31.6 Å². The molecule has 1 aromatic carbocycles. The molecule has 3 amide bonds. The number of nitrogens with zero attached hydrogens (tertiary/aromatic N) is 1. The smallest absolute Gasteiger partial charge is 0.249 e. The first-order valence-corrected chi connectivity index (χ1v) is 10.7. The first-order chi connectivity index (χ1) is 14.1. The Labute approximate surface area is 172 Å². The van der Waals surface area contributed by atoms with Crippen molar-refractivity contribution in [2.45, 2.75) is 63.3 Å². The quantitative estimate of drug-likeness (QED) is 0.458. The van der Waals surface area contributed by atoms with Crippen LogP contribution < -0.4 is 16.4 Å². The van der Waals surface area contributed by atoms with Gasteiger partial charge in [-0.05, 0) is 62.3 Å². The van der Waals surface area contributed by atoms with Crippen molar-refractivity contribution in [3.63, 3.8) is 0 Å². The van der Waals surface area contributed by atoms with E-state index in [0.29, 0.717) is 31.7 Å². The van der Waals surface area contributed by atoms with Gasteiger partial charge in [0.1, 0.15) is 6.04 Å². The molecule has 2 aliphatic heterocycles. The molecule has 0 aliphatic carbocycles. The molecule has 2 heterocycles. The maximum absolute atomic E-state index is 12.4. The van der Waals surface area contributed by atoms with Gasteiger partial charge >= 0.3 is 0 Å². The Morgan fingerprint density at radius 1 is 1.14 bits per heavy atom. The van der Waals surface area contributed by atoms with Crippen LogP contribution in [0.1, 0.15) is 62.8 Å². The summed E-state index contributed by atoms with van der Waals surface area (Å²) in [5.74, 6) is 0.209. The molecule has 4 N–H and O–H groups in total. The number of hydrogen-bond acceptors (Lipinski definition) is 5. The number of unbranched alkanes of at least 4 members (excludes halogenated alkanes) is 2. The van der Waals surface area contributed by atoms with Gasteiger partial charge in [0.05, 0.1) is 0 Å². The Balaban J connectivity index is 1.49. The highest BCUT2D eigenvalue weighted by molar-refractivity contribution is 6.01. The number of anilines is 1. The molecule has 7 nitrogen and oxygen atoms in total. The van der Waals surface area contributed by atoms with Crippen LogP contribution in [0.3, 0.4) is 0 Å². The summed E-state index contributed by atoms with van der Waals surface area (Å²) >= 11 is 0. The van der Waals surface area contributed by atoms with E-state index < -0.39 is 0 Å². The summed E-state index contributed by atoms with van der Waals surface area (Å²) in [7, 11) is 0. The number of carbonyl (C=O) groups excluding carboxylic acids is 3. The van der Waals surface area contributed by atoms with E-state index in [4.69, 9.17) is 5.73 Å². The molecule has 0 bridgehead atoms. The van der Waals surface area contributed by atoms with Crippen molar-refractivity contribution < 1.29 is 14.4 Å². The second-order valence-electron chi connectivity index (χ2n) is 8.03. The van der Waals surface area contributed by atoms with Crippen molar-refractivity contribution >= 4 is 23.4 Å². The third kappa shape index (κ3) is 6.03. The monoisotopic (exact) mass is 400 g/mol. The summed E-state index contributed by atoms with van der Waals surface area (Å²) in [4.78, 5) is 37.6. The van der Waals surface area contributed by atoms with Gasteiger partial charge in [-0.25, -0.2) is 0 Å². The zero-order valence-electron chi connectivity index (χ0n) is 17.0. The number of carbonyl (C=O) groups is 3. The molecule has 2 fully saturated rings. The van der Waals surface area contributed by atoms with E-state index in [9.17, 15) is 14.4 Å². The van der Waals surface area contributed by atoms with Crippen molar-refractivity contribution in [3.8, 4) is 0 Å². The molecule has 3 rings (SSSR count). The van der Waals surface area contributed by atoms with Crippen LogP contribution in [-0.4, -0.2) is 48.3 Å². The molecular formula is C22H32N4O3. The molecule has 1 unspecified atom stereocenters. The van der Waals surface area contributed by atoms with Crippen molar-refractivity contribution in [2.24, 2.45) is 5.73 Å². The van der Waals surface area contributed by atoms with Crippen LogP contribution in [-0.2, 0) is 14.4 Å². The Bertz CT molecular complexity index is 729. The predicted octanol–water partition coefficient (Wildman–Crippen LogP) is 2.13. The lowest BCUT2D eigenvalue weighted by molar-refractivity contribution is -0.134. The molecular weight excluding hydrogens is 368 g/mol. The molecule has 158 valence electrons. The van der Waals surface area contributed by atoms with Crippen molar-refractivity contribution in [3.05, 3.63) is 29.8 Å². The van der Waals surface area contributed by atoms with Crippen LogP contribution in [0.5, 0.6) is 0 Å². The van der Waals surface area contributed by atoms with Crippen LogP contribution in [0.2, 0.25) is 0 Å². The largest absolute Gasteiger partial charge is 0.374 e. The Kier molecular flexibility index (Phi) is 7.63. The summed E-state index contributed by atoms with van der Waals surface area (Å²) < 4.78 is 0. The lowest BCUT2D eigenvalue weighted by Gasteiger charge is -2.32. The third-order valence-electron chi connectivity index (χ3n) is 5.88. The van der Waals surface area contributed by atoms with Crippen LogP contribution >= 0.6 is 0 Å². The molecule has 0 radical (unpaired) electrons. The highest BCUT2D eigenvalue weighted by atomic mass is 16.2. The zero-order chi connectivity index (χ0) is 20.6. The summed E-state index contributed by atoms with van der Waals surface area (Å²) in [5, 5.41) is 5.63. The first kappa shape index (κ1) is 21.3. The standard InChI is InChI=1S/C22H32N4O3/c23-12-3-1-2-7-21(28)26-13-10-16(11-14-26)17-5-4-6-18(15-17)24-19-8-9-20(27)25-22(19)29/h4-6,15-16,19,24H,1-3,7-14,23H2,(H,25,27,29). The fourth-order valence-electron chi connectivity index (χ4n) is 4.13. The third-order valence-corrected chi connectivity index (χ3v) is 5.88. The fraction of sp³-hybridized carbons (Fsp3) is 0.591. The highest BCUT2D eigenvalue weighted by Crippen LogP contribution is 2.30. The van der Waals surface area contributed by atoms with Crippen LogP contribution in [0, 0.1) is 0 Å². The van der Waals surface area contributed by atoms with Gasteiger partial charge in [-0.15, -0.1) is 0 Å². The Hall–Kier alpha value is -2.41. The normalized spacial score (nSPS) is 20.4. The first-order valence-electron chi connectivity index (χ1n) is 10.7. The van der Waals surface area contributed by atoms with E-state index >= 15 is 0 Å². The van der Waals surface area contributed by atoms with Crippen molar-refractivity contribution in [1.82, 2.24) is 10.2 Å². The number of nitrogens with one attached hydrogen (secondary N) is 2. The van der Waals surface area contributed by atoms with Crippen LogP contribution in [0.25, 0.3) is 0 Å². The minimum atomic E-state index is -0.373. The summed E-state index contributed by atoms with van der Waals surface area (Å²) in [6.45, 7) is 2.29. The average Bonchev–Trinajstić information content (AvgIpc) is 2.73. The number of rotatable bonds is 8. The second kappa shape index (κ2) is 10.4. The van der Waals surface area contributed by atoms with E-state index in [1.807, 2.05) is 17.0 Å². The van der Waals surface area contributed by atoms with Gasteiger partial charge in [0.2, 0.25) is 17.7 Å². The molecule has 1 atom stereocenters. The zero-order valence-corrected chi connectivity index (χ0v) is 17.0. The summed E-state index contributed by atoms with van der Waals surface area (Å²) in [5.41, 5.74) is 7.63. The highest BCUT2D eigenvalue weighted by Gasteiger charge is 2.27. The number of imide groups is 1. The van der Waals surface area contributed by atoms with E-state index in [1.165, 1.54) is 5.56 Å². The molecule has 0 saturated carbocycles. The predicted molar refractivity (Wildman–Crippen MR) is 112 cm³/mol. The lowest BCUT2D eigenvalue weighted by atomic mass is 9.89. The minimum absolute atomic E-state index is 0.206. The minimum Gasteiger partial charge on any atom is -0.374 e. The number of hydrogen-bond donors (Lipinski definition) is 3. The summed E-state index contributed by atoms with van der Waals surface area (Å²) in [6.07, 6.45) is 6.33. The molecule has 2 saturated heterocycles. The van der Waals surface area contributed by atoms with Crippen molar-refractivity contribution in [2.75, 3.05) is 25.0 Å². The van der Waals surface area contributed by atoms with Crippen LogP contribution in [0.4, 0.5) is 5.69 Å². The molecule has 0 aromatic heterocycles. The van der Waals surface area contributed by atoms with Gasteiger partial charge < -0.3 is 16.0 Å². The maximum Gasteiger partial charge on any atom is 0.249 e. The topological polar surface area (TPSA) is 105 Å². The number of benzene rings is 1. The Morgan fingerprint density at radius 3 is 2.66 bits per heavy atom. The van der Waals surface area contributed by atoms with Crippen molar-refractivity contribution in [1.29, 1.82) is 0 Å². The molecule has 1 aromatic rings. The van der Waals surface area contributed by atoms with Gasteiger partial charge in [0.25, 0.3) is 0 Å². The van der Waals surface area contributed by atoms with Crippen LogP contribution in [0.15, 0.2) is 24.3 Å². The summed E-state index contributed by atoms with van der Waals surface area (Å²) in [6, 6.07) is 7.79. The number of nitrogens with two attached hydrogens (primary N) is 1. The SMILES string of the molecule is NCCCCCC(=O)N1CCC(c2cccc(NC3CCC(=O)NC3=O)c2)CC1. The number of amides is 3. The van der Waals surface area contributed by atoms with E-state index in [1.54, 1.807) is 0 Å². The average molecular weight is 401 g/mol. The second-order valence-corrected chi connectivity index (χ2v) is 8.03. The molecule has 2 aliphatic rings. The molecule has 0 spiro atoms. The van der Waals surface area contributed by atoms with E-state index in [-0.39, 0.29) is 23.8 Å². The number of piperidine rings is 2. The maximum atomic E-state index is 12.4. The van der Waals surface area contributed by atoms with Gasteiger partial charge in [0.15, 0.2) is 0 Å². The molecule has 29 heavy (non-hydrogen) atoms.